The summed E-state index contributed by atoms with van der Waals surface area (Å²) in [7, 11) is 1.51. The summed E-state index contributed by atoms with van der Waals surface area (Å²) in [5.74, 6) is 0.361. The Kier molecular flexibility index (Phi) is 4.40. The number of benzene rings is 2. The molecule has 0 bridgehead atoms. The summed E-state index contributed by atoms with van der Waals surface area (Å²) in [6.07, 6.45) is 0. The lowest BCUT2D eigenvalue weighted by atomic mass is 10.1. The van der Waals surface area contributed by atoms with Crippen LogP contribution in [0, 0.1) is 13.8 Å². The third-order valence-electron chi connectivity index (χ3n) is 3.40. The lowest BCUT2D eigenvalue weighted by Gasteiger charge is -2.13. The number of hydrogen-bond acceptors (Lipinski definition) is 3. The molecule has 0 aliphatic carbocycles. The van der Waals surface area contributed by atoms with Crippen LogP contribution in [0.4, 0.5) is 5.69 Å². The summed E-state index contributed by atoms with van der Waals surface area (Å²) < 4.78 is 5.10. The summed E-state index contributed by atoms with van der Waals surface area (Å²) in [6.45, 7) is 4.78. The van der Waals surface area contributed by atoms with Crippen molar-refractivity contribution in [1.29, 1.82) is 0 Å². The molecule has 0 saturated heterocycles. The van der Waals surface area contributed by atoms with Gasteiger partial charge in [-0.05, 0) is 48.7 Å². The molecule has 0 amide bonds. The average Bonchev–Trinajstić information content (AvgIpc) is 2.44. The highest BCUT2D eigenvalue weighted by atomic mass is 35.5. The van der Waals surface area contributed by atoms with Gasteiger partial charge in [-0.15, -0.1) is 0 Å². The zero-order valence-electron chi connectivity index (χ0n) is 11.8. The lowest BCUT2D eigenvalue weighted by molar-refractivity contribution is 0.373. The Balaban J connectivity index is 2.19. The highest BCUT2D eigenvalue weighted by molar-refractivity contribution is 6.32. The molecule has 106 valence electrons. The molecule has 0 fully saturated rings. The number of phenols is 1. The van der Waals surface area contributed by atoms with Crippen molar-refractivity contribution in [3.63, 3.8) is 0 Å². The number of methoxy groups -OCH3 is 1. The maximum Gasteiger partial charge on any atom is 0.176 e. The van der Waals surface area contributed by atoms with Crippen LogP contribution in [0.3, 0.4) is 0 Å². The van der Waals surface area contributed by atoms with Crippen molar-refractivity contribution in [1.82, 2.24) is 0 Å². The summed E-state index contributed by atoms with van der Waals surface area (Å²) >= 11 is 5.98. The van der Waals surface area contributed by atoms with E-state index in [4.69, 9.17) is 16.3 Å². The third kappa shape index (κ3) is 2.99. The molecule has 0 aliphatic rings. The minimum absolute atomic E-state index is 0.0235. The summed E-state index contributed by atoms with van der Waals surface area (Å²) in [5.41, 5.74) is 4.51. The molecule has 2 aromatic carbocycles. The normalized spacial score (nSPS) is 10.4. The standard InChI is InChI=1S/C16H18ClNO2/c1-10-5-4-6-14(11(10)2)18-9-12-7-13(17)16(19)15(8-12)20-3/h4-8,18-19H,9H2,1-3H3. The van der Waals surface area contributed by atoms with Gasteiger partial charge in [-0.1, -0.05) is 23.7 Å². The molecule has 3 nitrogen and oxygen atoms in total. The Morgan fingerprint density at radius 3 is 2.70 bits per heavy atom. The van der Waals surface area contributed by atoms with Crippen LogP contribution in [0.5, 0.6) is 11.5 Å². The topological polar surface area (TPSA) is 41.5 Å². The van der Waals surface area contributed by atoms with Crippen molar-refractivity contribution in [3.8, 4) is 11.5 Å². The van der Waals surface area contributed by atoms with Gasteiger partial charge in [0.05, 0.1) is 12.1 Å². The van der Waals surface area contributed by atoms with E-state index in [9.17, 15) is 5.11 Å². The molecule has 0 aromatic heterocycles. The minimum Gasteiger partial charge on any atom is -0.503 e. The van der Waals surface area contributed by atoms with Gasteiger partial charge in [0.25, 0.3) is 0 Å². The Morgan fingerprint density at radius 1 is 1.25 bits per heavy atom. The number of rotatable bonds is 4. The molecule has 0 atom stereocenters. The number of nitrogens with one attached hydrogen (secondary N) is 1. The first-order valence-corrected chi connectivity index (χ1v) is 6.76. The van der Waals surface area contributed by atoms with E-state index in [1.807, 2.05) is 12.1 Å². The number of hydrogen-bond donors (Lipinski definition) is 2. The number of aromatic hydroxyl groups is 1. The highest BCUT2D eigenvalue weighted by Crippen LogP contribution is 2.35. The minimum atomic E-state index is -0.0235. The van der Waals surface area contributed by atoms with Gasteiger partial charge in [0.1, 0.15) is 0 Å². The lowest BCUT2D eigenvalue weighted by Crippen LogP contribution is -2.02. The van der Waals surface area contributed by atoms with Crippen LogP contribution in [0.25, 0.3) is 0 Å². The van der Waals surface area contributed by atoms with Gasteiger partial charge in [-0.2, -0.15) is 0 Å². The van der Waals surface area contributed by atoms with Crippen LogP contribution in [-0.4, -0.2) is 12.2 Å². The fourth-order valence-electron chi connectivity index (χ4n) is 2.02. The molecule has 20 heavy (non-hydrogen) atoms. The molecule has 0 saturated carbocycles. The fraction of sp³-hybridized carbons (Fsp3) is 0.250. The molecule has 2 N–H and O–H groups in total. The first kappa shape index (κ1) is 14.5. The number of aryl methyl sites for hydroxylation is 1. The number of ether oxygens (including phenoxy) is 1. The molecule has 0 unspecified atom stereocenters. The zero-order chi connectivity index (χ0) is 14.7. The maximum atomic E-state index is 9.71. The van der Waals surface area contributed by atoms with Crippen LogP contribution < -0.4 is 10.1 Å². The van der Waals surface area contributed by atoms with E-state index < -0.39 is 0 Å². The monoisotopic (exact) mass is 291 g/mol. The van der Waals surface area contributed by atoms with Crippen LogP contribution in [-0.2, 0) is 6.54 Å². The Hall–Kier alpha value is -1.87. The quantitative estimate of drug-likeness (QED) is 0.883. The van der Waals surface area contributed by atoms with Crippen molar-refractivity contribution in [2.24, 2.45) is 0 Å². The second-order valence-corrected chi connectivity index (χ2v) is 5.14. The van der Waals surface area contributed by atoms with Gasteiger partial charge in [-0.3, -0.25) is 0 Å². The SMILES string of the molecule is COc1cc(CNc2cccc(C)c2C)cc(Cl)c1O. The Morgan fingerprint density at radius 2 is 2.00 bits per heavy atom. The van der Waals surface area contributed by atoms with Crippen molar-refractivity contribution in [2.45, 2.75) is 20.4 Å². The zero-order valence-corrected chi connectivity index (χ0v) is 12.6. The van der Waals surface area contributed by atoms with Gasteiger partial charge in [0.15, 0.2) is 11.5 Å². The summed E-state index contributed by atoms with van der Waals surface area (Å²) in [6, 6.07) is 9.66. The van der Waals surface area contributed by atoms with E-state index in [-0.39, 0.29) is 5.75 Å². The summed E-state index contributed by atoms with van der Waals surface area (Å²) in [4.78, 5) is 0. The molecule has 0 heterocycles. The highest BCUT2D eigenvalue weighted by Gasteiger charge is 2.09. The van der Waals surface area contributed by atoms with Crippen molar-refractivity contribution in [3.05, 3.63) is 52.0 Å². The van der Waals surface area contributed by atoms with E-state index in [1.54, 1.807) is 12.1 Å². The van der Waals surface area contributed by atoms with Crippen molar-refractivity contribution < 1.29 is 9.84 Å². The predicted molar refractivity (Wildman–Crippen MR) is 82.9 cm³/mol. The molecule has 0 spiro atoms. The first-order chi connectivity index (χ1) is 9.52. The molecular weight excluding hydrogens is 274 g/mol. The average molecular weight is 292 g/mol. The molecule has 2 aromatic rings. The summed E-state index contributed by atoms with van der Waals surface area (Å²) in [5, 5.41) is 13.4. The van der Waals surface area contributed by atoms with E-state index in [0.29, 0.717) is 17.3 Å². The Labute approximate surface area is 124 Å². The third-order valence-corrected chi connectivity index (χ3v) is 3.68. The van der Waals surface area contributed by atoms with Crippen LogP contribution in [0.15, 0.2) is 30.3 Å². The second kappa shape index (κ2) is 6.06. The maximum absolute atomic E-state index is 9.71. The van der Waals surface area contributed by atoms with Crippen LogP contribution >= 0.6 is 11.6 Å². The number of anilines is 1. The number of halogens is 1. The van der Waals surface area contributed by atoms with Gasteiger partial charge < -0.3 is 15.2 Å². The van der Waals surface area contributed by atoms with Crippen LogP contribution in [0.1, 0.15) is 16.7 Å². The molecule has 2 rings (SSSR count). The second-order valence-electron chi connectivity index (χ2n) is 4.73. The predicted octanol–water partition coefficient (Wildman–Crippen LogP) is 4.28. The fourth-order valence-corrected chi connectivity index (χ4v) is 2.26. The van der Waals surface area contributed by atoms with E-state index in [2.05, 4.69) is 25.2 Å². The van der Waals surface area contributed by atoms with E-state index >= 15 is 0 Å². The number of phenolic OH excluding ortho intramolecular Hbond substituents is 1. The molecule has 0 aliphatic heterocycles. The van der Waals surface area contributed by atoms with Crippen molar-refractivity contribution >= 4 is 17.3 Å². The van der Waals surface area contributed by atoms with Crippen LogP contribution in [0.2, 0.25) is 5.02 Å². The van der Waals surface area contributed by atoms with Gasteiger partial charge in [-0.25, -0.2) is 0 Å². The first-order valence-electron chi connectivity index (χ1n) is 6.38. The van der Waals surface area contributed by atoms with E-state index in [0.717, 1.165) is 11.3 Å². The largest absolute Gasteiger partial charge is 0.503 e. The van der Waals surface area contributed by atoms with Gasteiger partial charge in [0, 0.05) is 12.2 Å². The van der Waals surface area contributed by atoms with Gasteiger partial charge >= 0.3 is 0 Å². The van der Waals surface area contributed by atoms with E-state index in [1.165, 1.54) is 18.2 Å². The molecular formula is C16H18ClNO2. The molecule has 4 heteroatoms. The smallest absolute Gasteiger partial charge is 0.176 e. The van der Waals surface area contributed by atoms with Crippen molar-refractivity contribution in [2.75, 3.05) is 12.4 Å². The Bertz CT molecular complexity index is 626. The molecule has 0 radical (unpaired) electrons. The van der Waals surface area contributed by atoms with Gasteiger partial charge in [0.2, 0.25) is 0 Å².